The second-order valence-electron chi connectivity index (χ2n) is 7.40. The first-order chi connectivity index (χ1) is 13.5. The molecule has 0 aliphatic carbocycles. The fourth-order valence-electron chi connectivity index (χ4n) is 3.28. The Kier molecular flexibility index (Phi) is 6.09. The molecule has 1 heterocycles. The monoisotopic (exact) mass is 427 g/mol. The van der Waals surface area contributed by atoms with E-state index in [9.17, 15) is 21.6 Å². The predicted octanol–water partition coefficient (Wildman–Crippen LogP) is 4.32. The van der Waals surface area contributed by atoms with Crippen LogP contribution in [0.2, 0.25) is 0 Å². The van der Waals surface area contributed by atoms with Gasteiger partial charge in [0.15, 0.2) is 0 Å². The van der Waals surface area contributed by atoms with Crippen molar-refractivity contribution in [1.82, 2.24) is 4.90 Å². The summed E-state index contributed by atoms with van der Waals surface area (Å²) >= 11 is 0. The summed E-state index contributed by atoms with van der Waals surface area (Å²) in [4.78, 5) is 2.17. The van der Waals surface area contributed by atoms with Crippen molar-refractivity contribution in [1.29, 1.82) is 0 Å². The summed E-state index contributed by atoms with van der Waals surface area (Å²) in [6, 6.07) is 9.39. The Labute approximate surface area is 169 Å². The third-order valence-corrected chi connectivity index (χ3v) is 6.38. The molecule has 158 valence electrons. The van der Waals surface area contributed by atoms with Crippen molar-refractivity contribution in [2.24, 2.45) is 0 Å². The van der Waals surface area contributed by atoms with Gasteiger partial charge in [-0.15, -0.1) is 0 Å². The average molecular weight is 427 g/mol. The maximum atomic E-state index is 13.5. The Morgan fingerprint density at radius 1 is 1.03 bits per heavy atom. The zero-order chi connectivity index (χ0) is 21.2. The van der Waals surface area contributed by atoms with E-state index in [0.717, 1.165) is 30.8 Å². The van der Waals surface area contributed by atoms with Crippen LogP contribution in [0.15, 0.2) is 47.4 Å². The maximum Gasteiger partial charge on any atom is 0.418 e. The zero-order valence-corrected chi connectivity index (χ0v) is 17.1. The van der Waals surface area contributed by atoms with Crippen LogP contribution in [0.1, 0.15) is 24.0 Å². The Bertz CT molecular complexity index is 952. The number of alkyl halides is 3. The van der Waals surface area contributed by atoms with Gasteiger partial charge < -0.3 is 10.2 Å². The van der Waals surface area contributed by atoms with Gasteiger partial charge >= 0.3 is 6.18 Å². The molecule has 1 fully saturated rings. The van der Waals surface area contributed by atoms with Crippen LogP contribution in [0.5, 0.6) is 0 Å². The lowest BCUT2D eigenvalue weighted by atomic mass is 10.0. The fourth-order valence-corrected chi connectivity index (χ4v) is 4.33. The van der Waals surface area contributed by atoms with E-state index in [0.29, 0.717) is 12.8 Å². The summed E-state index contributed by atoms with van der Waals surface area (Å²) in [5.41, 5.74) is 0.0583. The van der Waals surface area contributed by atoms with E-state index >= 15 is 0 Å². The fraction of sp³-hybridized carbons (Fsp3) is 0.400. The largest absolute Gasteiger partial charge is 0.418 e. The minimum absolute atomic E-state index is 0.0489. The Hall–Kier alpha value is -2.26. The van der Waals surface area contributed by atoms with Gasteiger partial charge in [0.2, 0.25) is 0 Å². The lowest BCUT2D eigenvalue weighted by Gasteiger charge is -2.31. The van der Waals surface area contributed by atoms with E-state index < -0.39 is 21.8 Å². The number of anilines is 2. The molecule has 2 aromatic carbocycles. The van der Waals surface area contributed by atoms with Crippen molar-refractivity contribution in [2.75, 3.05) is 30.2 Å². The summed E-state index contributed by atoms with van der Waals surface area (Å²) < 4.78 is 67.9. The lowest BCUT2D eigenvalue weighted by molar-refractivity contribution is -0.137. The highest BCUT2D eigenvalue weighted by molar-refractivity contribution is 7.92. The van der Waals surface area contributed by atoms with Gasteiger partial charge in [-0.05, 0) is 70.2 Å². The second-order valence-corrected chi connectivity index (χ2v) is 9.08. The molecule has 2 aromatic rings. The van der Waals surface area contributed by atoms with Crippen LogP contribution in [0, 0.1) is 6.92 Å². The molecule has 0 amide bonds. The van der Waals surface area contributed by atoms with Crippen LogP contribution in [0.25, 0.3) is 0 Å². The molecule has 1 saturated heterocycles. The molecule has 0 spiro atoms. The summed E-state index contributed by atoms with van der Waals surface area (Å²) in [5.74, 6) is 0. The quantitative estimate of drug-likeness (QED) is 0.746. The van der Waals surface area contributed by atoms with E-state index in [4.69, 9.17) is 0 Å². The molecule has 1 aliphatic heterocycles. The van der Waals surface area contributed by atoms with E-state index in [1.807, 2.05) is 14.0 Å². The molecule has 1 aliphatic rings. The topological polar surface area (TPSA) is 61.4 Å². The van der Waals surface area contributed by atoms with Crippen molar-refractivity contribution in [3.63, 3.8) is 0 Å². The summed E-state index contributed by atoms with van der Waals surface area (Å²) in [6.07, 6.45) is -3.11. The van der Waals surface area contributed by atoms with Gasteiger partial charge in [0.1, 0.15) is 0 Å². The highest BCUT2D eigenvalue weighted by Gasteiger charge is 2.34. The summed E-state index contributed by atoms with van der Waals surface area (Å²) in [6.45, 7) is 3.41. The minimum atomic E-state index is -4.54. The first kappa shape index (κ1) is 21.4. The normalized spacial score (nSPS) is 16.6. The van der Waals surface area contributed by atoms with Crippen LogP contribution >= 0.6 is 0 Å². The Morgan fingerprint density at radius 2 is 1.66 bits per heavy atom. The summed E-state index contributed by atoms with van der Waals surface area (Å²) in [5, 5.41) is 2.97. The van der Waals surface area contributed by atoms with E-state index in [1.54, 1.807) is 12.1 Å². The van der Waals surface area contributed by atoms with E-state index in [2.05, 4.69) is 14.9 Å². The first-order valence-electron chi connectivity index (χ1n) is 9.30. The van der Waals surface area contributed by atoms with Gasteiger partial charge in [0.25, 0.3) is 10.0 Å². The molecular weight excluding hydrogens is 403 g/mol. The third-order valence-electron chi connectivity index (χ3n) is 4.99. The summed E-state index contributed by atoms with van der Waals surface area (Å²) in [7, 11) is -1.93. The smallest absolute Gasteiger partial charge is 0.382 e. The molecular formula is C20H24F3N3O2S. The van der Waals surface area contributed by atoms with Crippen LogP contribution in [-0.2, 0) is 16.2 Å². The number of piperidine rings is 1. The number of halogens is 3. The van der Waals surface area contributed by atoms with Gasteiger partial charge in [-0.25, -0.2) is 8.42 Å². The number of benzene rings is 2. The Balaban J connectivity index is 1.87. The molecule has 2 N–H and O–H groups in total. The van der Waals surface area contributed by atoms with E-state index in [1.165, 1.54) is 18.2 Å². The molecule has 0 radical (unpaired) electrons. The predicted molar refractivity (Wildman–Crippen MR) is 108 cm³/mol. The van der Waals surface area contributed by atoms with Crippen LogP contribution < -0.4 is 10.0 Å². The number of aryl methyl sites for hydroxylation is 1. The number of rotatable bonds is 5. The molecule has 0 atom stereocenters. The molecule has 29 heavy (non-hydrogen) atoms. The number of hydrogen-bond donors (Lipinski definition) is 2. The number of nitrogens with one attached hydrogen (secondary N) is 2. The molecule has 0 unspecified atom stereocenters. The highest BCUT2D eigenvalue weighted by atomic mass is 32.2. The van der Waals surface area contributed by atoms with Gasteiger partial charge in [-0.1, -0.05) is 17.7 Å². The third kappa shape index (κ3) is 5.42. The lowest BCUT2D eigenvalue weighted by Crippen LogP contribution is -2.37. The van der Waals surface area contributed by atoms with Crippen LogP contribution in [0.3, 0.4) is 0 Å². The zero-order valence-electron chi connectivity index (χ0n) is 16.3. The van der Waals surface area contributed by atoms with Crippen molar-refractivity contribution in [2.45, 2.75) is 36.9 Å². The number of likely N-dealkylation sites (tertiary alicyclic amines) is 1. The molecule has 3 rings (SSSR count). The number of sulfonamides is 1. The van der Waals surface area contributed by atoms with Crippen LogP contribution in [0.4, 0.5) is 24.5 Å². The molecule has 0 aromatic heterocycles. The second kappa shape index (κ2) is 8.23. The van der Waals surface area contributed by atoms with Crippen LogP contribution in [-0.4, -0.2) is 39.5 Å². The first-order valence-corrected chi connectivity index (χ1v) is 10.8. The van der Waals surface area contributed by atoms with Gasteiger partial charge in [0.05, 0.1) is 16.1 Å². The maximum absolute atomic E-state index is 13.5. The molecule has 5 nitrogen and oxygen atoms in total. The molecule has 0 bridgehead atoms. The van der Waals surface area contributed by atoms with Gasteiger partial charge in [0, 0.05) is 11.7 Å². The van der Waals surface area contributed by atoms with Gasteiger partial charge in [-0.3, -0.25) is 4.72 Å². The highest BCUT2D eigenvalue weighted by Crippen LogP contribution is 2.37. The van der Waals surface area contributed by atoms with Crippen molar-refractivity contribution < 1.29 is 21.6 Å². The van der Waals surface area contributed by atoms with Gasteiger partial charge in [-0.2, -0.15) is 13.2 Å². The SMILES string of the molecule is Cc1ccc(S(=O)(=O)Nc2ccc(C(F)(F)F)c(NC3CCN(C)CC3)c2)cc1. The molecule has 0 saturated carbocycles. The number of hydrogen-bond acceptors (Lipinski definition) is 4. The molecule has 9 heteroatoms. The van der Waals surface area contributed by atoms with Crippen molar-refractivity contribution in [3.05, 3.63) is 53.6 Å². The minimum Gasteiger partial charge on any atom is -0.382 e. The van der Waals surface area contributed by atoms with E-state index in [-0.39, 0.29) is 22.3 Å². The van der Waals surface area contributed by atoms with Crippen molar-refractivity contribution >= 4 is 21.4 Å². The number of nitrogens with zero attached hydrogens (tertiary/aromatic N) is 1. The van der Waals surface area contributed by atoms with Crippen molar-refractivity contribution in [3.8, 4) is 0 Å². The Morgan fingerprint density at radius 3 is 2.24 bits per heavy atom. The average Bonchev–Trinajstić information content (AvgIpc) is 2.63. The standard InChI is InChI=1S/C20H24F3N3O2S/c1-14-3-6-17(7-4-14)29(27,28)25-16-5-8-18(20(21,22)23)19(13-16)24-15-9-11-26(2)12-10-15/h3-8,13,15,24-25H,9-12H2,1-2H3.